The first-order chi connectivity index (χ1) is 12.5. The van der Waals surface area contributed by atoms with Crippen LogP contribution in [0.25, 0.3) is 5.78 Å². The third kappa shape index (κ3) is 3.16. The van der Waals surface area contributed by atoms with E-state index < -0.39 is 0 Å². The van der Waals surface area contributed by atoms with Crippen LogP contribution in [0, 0.1) is 0 Å². The summed E-state index contributed by atoms with van der Waals surface area (Å²) in [5, 5.41) is 8.17. The van der Waals surface area contributed by atoms with Crippen molar-refractivity contribution in [2.45, 2.75) is 44.9 Å². The van der Waals surface area contributed by atoms with Gasteiger partial charge in [0.15, 0.2) is 5.82 Å². The molecule has 1 aliphatic carbocycles. The number of carbonyl (C=O) groups is 1. The molecule has 136 valence electrons. The second-order valence-corrected chi connectivity index (χ2v) is 6.99. The van der Waals surface area contributed by atoms with Crippen LogP contribution < -0.4 is 0 Å². The van der Waals surface area contributed by atoms with Crippen LogP contribution in [0.4, 0.5) is 0 Å². The van der Waals surface area contributed by atoms with Crippen LogP contribution in [-0.2, 0) is 6.42 Å². The third-order valence-corrected chi connectivity index (χ3v) is 4.52. The number of aromatic nitrogens is 6. The van der Waals surface area contributed by atoms with Crippen LogP contribution in [0.5, 0.6) is 0 Å². The smallest absolute Gasteiger partial charge is 0.272 e. The summed E-state index contributed by atoms with van der Waals surface area (Å²) in [5.74, 6) is 2.25. The lowest BCUT2D eigenvalue weighted by Crippen LogP contribution is -2.30. The number of amides is 1. The maximum absolute atomic E-state index is 12.8. The number of likely N-dealkylation sites (N-methyl/N-ethyl adjacent to an activating group) is 1. The van der Waals surface area contributed by atoms with Gasteiger partial charge < -0.3 is 9.42 Å². The van der Waals surface area contributed by atoms with E-state index in [0.717, 1.165) is 24.4 Å². The normalized spacial score (nSPS) is 14.3. The van der Waals surface area contributed by atoms with Gasteiger partial charge in [-0.05, 0) is 24.8 Å². The molecule has 3 heterocycles. The van der Waals surface area contributed by atoms with E-state index in [4.69, 9.17) is 4.52 Å². The first-order valence-corrected chi connectivity index (χ1v) is 8.81. The van der Waals surface area contributed by atoms with Crippen molar-refractivity contribution in [3.63, 3.8) is 0 Å². The van der Waals surface area contributed by atoms with Crippen LogP contribution in [0.1, 0.15) is 66.4 Å². The van der Waals surface area contributed by atoms with Crippen molar-refractivity contribution < 1.29 is 9.32 Å². The molecule has 0 aliphatic heterocycles. The Labute approximate surface area is 150 Å². The van der Waals surface area contributed by atoms with E-state index in [0.29, 0.717) is 36.2 Å². The Morgan fingerprint density at radius 1 is 1.38 bits per heavy atom. The first-order valence-electron chi connectivity index (χ1n) is 8.81. The fourth-order valence-corrected chi connectivity index (χ4v) is 2.79. The summed E-state index contributed by atoms with van der Waals surface area (Å²) in [4.78, 5) is 27.2. The first kappa shape index (κ1) is 16.6. The number of fused-ring (bicyclic) bond motifs is 1. The second kappa shape index (κ2) is 6.47. The Morgan fingerprint density at radius 3 is 2.92 bits per heavy atom. The van der Waals surface area contributed by atoms with Crippen molar-refractivity contribution in [1.29, 1.82) is 0 Å². The average Bonchev–Trinajstić information content (AvgIpc) is 3.18. The molecule has 3 aromatic rings. The van der Waals surface area contributed by atoms with Crippen molar-refractivity contribution >= 4 is 11.7 Å². The molecule has 26 heavy (non-hydrogen) atoms. The van der Waals surface area contributed by atoms with Gasteiger partial charge >= 0.3 is 0 Å². The van der Waals surface area contributed by atoms with E-state index in [-0.39, 0.29) is 11.8 Å². The maximum atomic E-state index is 12.8. The molecule has 0 bridgehead atoms. The van der Waals surface area contributed by atoms with Gasteiger partial charge in [-0.2, -0.15) is 15.1 Å². The summed E-state index contributed by atoms with van der Waals surface area (Å²) >= 11 is 0. The van der Waals surface area contributed by atoms with Crippen LogP contribution in [0.15, 0.2) is 16.9 Å². The molecule has 4 rings (SSSR count). The van der Waals surface area contributed by atoms with Crippen LogP contribution >= 0.6 is 0 Å². The second-order valence-electron chi connectivity index (χ2n) is 6.99. The van der Waals surface area contributed by atoms with Crippen LogP contribution in [0.3, 0.4) is 0 Å². The highest BCUT2D eigenvalue weighted by atomic mass is 16.5. The molecule has 1 aliphatic rings. The Bertz CT molecular complexity index is 942. The number of nitrogens with zero attached hydrogens (tertiary/aromatic N) is 7. The van der Waals surface area contributed by atoms with Gasteiger partial charge in [0, 0.05) is 25.9 Å². The molecular formula is C17H21N7O2. The Kier molecular flexibility index (Phi) is 4.14. The minimum Gasteiger partial charge on any atom is -0.340 e. The number of hydrogen-bond acceptors (Lipinski definition) is 7. The van der Waals surface area contributed by atoms with E-state index in [1.165, 1.54) is 6.33 Å². The fourth-order valence-electron chi connectivity index (χ4n) is 2.79. The van der Waals surface area contributed by atoms with Gasteiger partial charge in [-0.15, -0.1) is 0 Å². The van der Waals surface area contributed by atoms with Gasteiger partial charge in [-0.25, -0.2) is 9.50 Å². The van der Waals surface area contributed by atoms with E-state index in [2.05, 4.69) is 25.2 Å². The summed E-state index contributed by atoms with van der Waals surface area (Å²) < 4.78 is 6.92. The zero-order chi connectivity index (χ0) is 18.3. The topological polar surface area (TPSA) is 102 Å². The Morgan fingerprint density at radius 2 is 2.19 bits per heavy atom. The van der Waals surface area contributed by atoms with Crippen molar-refractivity contribution in [2.75, 3.05) is 13.6 Å². The van der Waals surface area contributed by atoms with Crippen molar-refractivity contribution in [2.24, 2.45) is 0 Å². The minimum absolute atomic E-state index is 0.164. The molecule has 3 aromatic heterocycles. The van der Waals surface area contributed by atoms with Crippen molar-refractivity contribution in [1.82, 2.24) is 34.6 Å². The van der Waals surface area contributed by atoms with Gasteiger partial charge in [0.05, 0.1) is 5.69 Å². The quantitative estimate of drug-likeness (QED) is 0.664. The molecule has 1 amide bonds. The maximum Gasteiger partial charge on any atom is 0.272 e. The van der Waals surface area contributed by atoms with Gasteiger partial charge in [-0.3, -0.25) is 4.79 Å². The Balaban J connectivity index is 1.48. The Hall–Kier alpha value is -2.84. The lowest BCUT2D eigenvalue weighted by molar-refractivity contribution is 0.0790. The van der Waals surface area contributed by atoms with Gasteiger partial charge in [0.2, 0.25) is 5.89 Å². The summed E-state index contributed by atoms with van der Waals surface area (Å²) in [7, 11) is 1.74. The largest absolute Gasteiger partial charge is 0.340 e. The van der Waals surface area contributed by atoms with Gasteiger partial charge in [0.25, 0.3) is 11.7 Å². The van der Waals surface area contributed by atoms with E-state index in [1.807, 2.05) is 13.8 Å². The molecule has 0 radical (unpaired) electrons. The molecule has 1 fully saturated rings. The van der Waals surface area contributed by atoms with Crippen LogP contribution in [-0.4, -0.2) is 54.1 Å². The molecule has 0 N–H and O–H groups in total. The minimum atomic E-state index is -0.164. The molecule has 0 spiro atoms. The summed E-state index contributed by atoms with van der Waals surface area (Å²) in [6, 6.07) is 1.78. The molecule has 9 heteroatoms. The zero-order valence-electron chi connectivity index (χ0n) is 15.1. The van der Waals surface area contributed by atoms with E-state index in [1.54, 1.807) is 22.5 Å². The standard InChI is InChI=1S/C17H21N7O2/c1-10(2)13-8-12(20-17-18-9-19-24(13)17)16(25)23(3)7-6-14-21-15(26-22-14)11-4-5-11/h8-11H,4-7H2,1-3H3. The fraction of sp³-hybridized carbons (Fsp3) is 0.529. The summed E-state index contributed by atoms with van der Waals surface area (Å²) in [6.07, 6.45) is 4.23. The highest BCUT2D eigenvalue weighted by Crippen LogP contribution is 2.38. The number of carbonyl (C=O) groups excluding carboxylic acids is 1. The SMILES string of the molecule is CC(C)c1cc(C(=O)N(C)CCc2noc(C3CC3)n2)nc2ncnn12. The molecule has 0 atom stereocenters. The highest BCUT2D eigenvalue weighted by Gasteiger charge is 2.29. The zero-order valence-corrected chi connectivity index (χ0v) is 15.1. The van der Waals surface area contributed by atoms with E-state index >= 15 is 0 Å². The number of rotatable bonds is 6. The average molecular weight is 355 g/mol. The molecular weight excluding hydrogens is 334 g/mol. The molecule has 0 saturated heterocycles. The molecule has 0 aromatic carbocycles. The van der Waals surface area contributed by atoms with Crippen molar-refractivity contribution in [3.8, 4) is 0 Å². The summed E-state index contributed by atoms with van der Waals surface area (Å²) in [6.45, 7) is 4.57. The van der Waals surface area contributed by atoms with E-state index in [9.17, 15) is 4.79 Å². The van der Waals surface area contributed by atoms with Gasteiger partial charge in [-0.1, -0.05) is 19.0 Å². The molecule has 0 unspecified atom stereocenters. The summed E-state index contributed by atoms with van der Waals surface area (Å²) in [5.41, 5.74) is 1.26. The highest BCUT2D eigenvalue weighted by molar-refractivity contribution is 5.92. The lowest BCUT2D eigenvalue weighted by Gasteiger charge is -2.17. The third-order valence-electron chi connectivity index (χ3n) is 4.52. The molecule has 9 nitrogen and oxygen atoms in total. The van der Waals surface area contributed by atoms with Crippen LogP contribution in [0.2, 0.25) is 0 Å². The van der Waals surface area contributed by atoms with Gasteiger partial charge in [0.1, 0.15) is 12.0 Å². The lowest BCUT2D eigenvalue weighted by atomic mass is 10.1. The number of hydrogen-bond donors (Lipinski definition) is 0. The predicted octanol–water partition coefficient (Wildman–Crippen LogP) is 1.82. The predicted molar refractivity (Wildman–Crippen MR) is 91.8 cm³/mol. The monoisotopic (exact) mass is 355 g/mol. The van der Waals surface area contributed by atoms with Crippen molar-refractivity contribution in [3.05, 3.63) is 35.5 Å². The molecule has 1 saturated carbocycles.